The Morgan fingerprint density at radius 3 is 1.34 bits per heavy atom. The summed E-state index contributed by atoms with van der Waals surface area (Å²) in [6.07, 6.45) is 0. The summed E-state index contributed by atoms with van der Waals surface area (Å²) in [6, 6.07) is 19.5. The fraction of sp³-hybridized carbons (Fsp3) is 0.0833. The Morgan fingerprint density at radius 2 is 1.03 bits per heavy atom. The van der Waals surface area contributed by atoms with Crippen LogP contribution in [-0.2, 0) is 28.8 Å². The molecule has 194 valence electrons. The summed E-state index contributed by atoms with van der Waals surface area (Å²) >= 11 is 0. The number of ether oxygens (including phenoxy) is 2. The molecule has 3 aromatic rings. The van der Waals surface area contributed by atoms with Crippen LogP contribution in [0.1, 0.15) is 11.1 Å². The van der Waals surface area contributed by atoms with Crippen molar-refractivity contribution >= 4 is 31.7 Å². The van der Waals surface area contributed by atoms with E-state index in [0.717, 1.165) is 0 Å². The van der Waals surface area contributed by atoms with Gasteiger partial charge >= 0.3 is 20.2 Å². The Morgan fingerprint density at radius 1 is 0.658 bits per heavy atom. The lowest BCUT2D eigenvalue weighted by Gasteiger charge is -2.05. The lowest BCUT2D eigenvalue weighted by Crippen LogP contribution is -2.08. The summed E-state index contributed by atoms with van der Waals surface area (Å²) in [5.41, 5.74) is -0.743. The predicted molar refractivity (Wildman–Crippen MR) is 133 cm³/mol. The third-order valence-corrected chi connectivity index (χ3v) is 7.01. The van der Waals surface area contributed by atoms with Crippen LogP contribution in [0.3, 0.4) is 0 Å². The van der Waals surface area contributed by atoms with E-state index in [1.54, 1.807) is 12.1 Å². The van der Waals surface area contributed by atoms with Crippen LogP contribution in [0.5, 0.6) is 11.5 Å². The summed E-state index contributed by atoms with van der Waals surface area (Å²) in [6.45, 7) is 0. The Labute approximate surface area is 218 Å². The molecular weight excluding hydrogens is 536 g/mol. The van der Waals surface area contributed by atoms with Crippen molar-refractivity contribution in [3.63, 3.8) is 0 Å². The zero-order valence-corrected chi connectivity index (χ0v) is 21.4. The molecule has 3 rings (SSSR count). The molecule has 12 nitrogen and oxygen atoms in total. The van der Waals surface area contributed by atoms with Crippen molar-refractivity contribution in [1.29, 1.82) is 10.5 Å². The molecule has 3 aromatic carbocycles. The van der Waals surface area contributed by atoms with E-state index in [1.165, 1.54) is 87.0 Å². The zero-order chi connectivity index (χ0) is 27.8. The van der Waals surface area contributed by atoms with Crippen LogP contribution >= 0.6 is 0 Å². The molecule has 38 heavy (non-hydrogen) atoms. The second-order valence-electron chi connectivity index (χ2n) is 7.09. The predicted octanol–water partition coefficient (Wildman–Crippen LogP) is 2.97. The zero-order valence-electron chi connectivity index (χ0n) is 19.8. The molecule has 0 unspecified atom stereocenters. The van der Waals surface area contributed by atoms with Gasteiger partial charge in [-0.2, -0.15) is 27.4 Å². The van der Waals surface area contributed by atoms with E-state index in [0.29, 0.717) is 11.5 Å². The molecule has 0 aliphatic heterocycles. The van der Waals surface area contributed by atoms with Crippen molar-refractivity contribution in [2.24, 2.45) is 10.3 Å². The normalized spacial score (nSPS) is 12.1. The number of nitriles is 2. The van der Waals surface area contributed by atoms with Crippen LogP contribution < -0.4 is 9.47 Å². The molecule has 14 heteroatoms. The van der Waals surface area contributed by atoms with E-state index >= 15 is 0 Å². The second-order valence-corrected chi connectivity index (χ2v) is 10.2. The smallest absolute Gasteiger partial charge is 0.358 e. The van der Waals surface area contributed by atoms with Gasteiger partial charge in [-0.1, -0.05) is 28.5 Å². The van der Waals surface area contributed by atoms with E-state index in [9.17, 15) is 27.4 Å². The third-order valence-electron chi connectivity index (χ3n) is 4.77. The summed E-state index contributed by atoms with van der Waals surface area (Å²) < 4.78 is 69.0. The van der Waals surface area contributed by atoms with Crippen LogP contribution in [0.25, 0.3) is 0 Å². The lowest BCUT2D eigenvalue weighted by atomic mass is 10.0. The van der Waals surface area contributed by atoms with Gasteiger partial charge in [0.25, 0.3) is 0 Å². The van der Waals surface area contributed by atoms with Gasteiger partial charge in [0.2, 0.25) is 0 Å². The molecule has 0 heterocycles. The van der Waals surface area contributed by atoms with Crippen LogP contribution in [-0.4, -0.2) is 42.5 Å². The first-order chi connectivity index (χ1) is 18.1. The first-order valence-corrected chi connectivity index (χ1v) is 13.2. The van der Waals surface area contributed by atoms with E-state index in [4.69, 9.17) is 9.47 Å². The highest BCUT2D eigenvalue weighted by Gasteiger charge is 2.19. The van der Waals surface area contributed by atoms with Gasteiger partial charge in [0.05, 0.1) is 14.2 Å². The number of rotatable bonds is 10. The van der Waals surface area contributed by atoms with Crippen LogP contribution in [0.2, 0.25) is 0 Å². The highest BCUT2D eigenvalue weighted by molar-refractivity contribution is 7.87. The molecule has 0 aliphatic carbocycles. The molecule has 0 N–H and O–H groups in total. The molecule has 0 spiro atoms. The van der Waals surface area contributed by atoms with E-state index < -0.39 is 31.7 Å². The molecule has 0 saturated heterocycles. The molecule has 0 atom stereocenters. The molecular formula is C24H18N4O8S2. The summed E-state index contributed by atoms with van der Waals surface area (Å²) in [7, 11) is -5.86. The maximum absolute atomic E-state index is 12.4. The lowest BCUT2D eigenvalue weighted by molar-refractivity contribution is 0.339. The summed E-state index contributed by atoms with van der Waals surface area (Å²) in [5, 5.41) is 25.9. The SMILES string of the molecule is COc1ccc(S(=O)(=O)ON=C(C#N)c2cccc(C(C#N)=NOS(=O)(=O)c3ccc(OC)cc3)c2)cc1. The molecule has 0 radical (unpaired) electrons. The third kappa shape index (κ3) is 6.64. The van der Waals surface area contributed by atoms with Crippen LogP contribution in [0.15, 0.2) is 92.9 Å². The van der Waals surface area contributed by atoms with Crippen molar-refractivity contribution in [3.8, 4) is 23.6 Å². The maximum Gasteiger partial charge on any atom is 0.358 e. The first-order valence-electron chi connectivity index (χ1n) is 10.4. The molecule has 0 fully saturated rings. The largest absolute Gasteiger partial charge is 0.497 e. The van der Waals surface area contributed by atoms with Gasteiger partial charge < -0.3 is 9.47 Å². The minimum atomic E-state index is -4.35. The van der Waals surface area contributed by atoms with Gasteiger partial charge in [-0.3, -0.25) is 8.57 Å². The Balaban J connectivity index is 1.84. The highest BCUT2D eigenvalue weighted by Crippen LogP contribution is 2.20. The second kappa shape index (κ2) is 11.9. The van der Waals surface area contributed by atoms with E-state index in [1.807, 2.05) is 0 Å². The number of hydrogen-bond acceptors (Lipinski definition) is 12. The van der Waals surface area contributed by atoms with Gasteiger partial charge in [0, 0.05) is 11.1 Å². The van der Waals surface area contributed by atoms with Crippen molar-refractivity contribution in [2.75, 3.05) is 14.2 Å². The van der Waals surface area contributed by atoms with Crippen molar-refractivity contribution in [1.82, 2.24) is 0 Å². The minimum Gasteiger partial charge on any atom is -0.497 e. The fourth-order valence-corrected chi connectivity index (χ4v) is 4.29. The Kier molecular flexibility index (Phi) is 8.65. The average molecular weight is 555 g/mol. The van der Waals surface area contributed by atoms with Crippen molar-refractivity contribution < 1.29 is 34.9 Å². The maximum atomic E-state index is 12.4. The highest BCUT2D eigenvalue weighted by atomic mass is 32.2. The Bertz CT molecular complexity index is 1550. The topological polar surface area (TPSA) is 177 Å². The van der Waals surface area contributed by atoms with Gasteiger partial charge in [-0.25, -0.2) is 0 Å². The van der Waals surface area contributed by atoms with Crippen molar-refractivity contribution in [2.45, 2.75) is 9.79 Å². The van der Waals surface area contributed by atoms with Gasteiger partial charge in [0.1, 0.15) is 33.4 Å². The number of hydrogen-bond donors (Lipinski definition) is 0. The van der Waals surface area contributed by atoms with E-state index in [2.05, 4.69) is 18.9 Å². The molecule has 0 aromatic heterocycles. The quantitative estimate of drug-likeness (QED) is 0.267. The average Bonchev–Trinajstić information content (AvgIpc) is 2.94. The molecule has 0 amide bonds. The van der Waals surface area contributed by atoms with Crippen LogP contribution in [0, 0.1) is 22.7 Å². The van der Waals surface area contributed by atoms with Crippen LogP contribution in [0.4, 0.5) is 0 Å². The monoisotopic (exact) mass is 554 g/mol. The van der Waals surface area contributed by atoms with Gasteiger partial charge in [-0.15, -0.1) is 0 Å². The Hall–Kier alpha value is -4.92. The number of nitrogens with zero attached hydrogens (tertiary/aromatic N) is 4. The summed E-state index contributed by atoms with van der Waals surface area (Å²) in [5.74, 6) is 0.857. The molecule has 0 saturated carbocycles. The molecule has 0 aliphatic rings. The standard InChI is InChI=1S/C24H18N4O8S2/c1-33-19-6-10-21(11-7-19)37(29,30)35-27-23(15-25)17-4-3-5-18(14-17)24(16-26)28-36-38(31,32)22-12-8-20(34-2)9-13-22/h3-14H,1-2H3. The minimum absolute atomic E-state index is 0.0656. The fourth-order valence-electron chi connectivity index (χ4n) is 2.83. The number of methoxy groups -OCH3 is 2. The molecule has 0 bridgehead atoms. The number of benzene rings is 3. The number of oxime groups is 2. The van der Waals surface area contributed by atoms with Gasteiger partial charge in [0.15, 0.2) is 11.4 Å². The van der Waals surface area contributed by atoms with Gasteiger partial charge in [-0.05, 0) is 54.6 Å². The van der Waals surface area contributed by atoms with E-state index in [-0.39, 0.29) is 20.9 Å². The first kappa shape index (κ1) is 27.7. The van der Waals surface area contributed by atoms with Crippen molar-refractivity contribution in [3.05, 3.63) is 83.9 Å². The summed E-state index contributed by atoms with van der Waals surface area (Å²) in [4.78, 5) is -0.440.